The molecule has 4 nitrogen and oxygen atoms in total. The quantitative estimate of drug-likeness (QED) is 0.904. The highest BCUT2D eigenvalue weighted by atomic mass is 32.1. The molecule has 0 aromatic carbocycles. The lowest BCUT2D eigenvalue weighted by Gasteiger charge is -2.08. The van der Waals surface area contributed by atoms with Gasteiger partial charge in [-0.15, -0.1) is 11.3 Å². The van der Waals surface area contributed by atoms with Crippen LogP contribution < -0.4 is 5.56 Å². The van der Waals surface area contributed by atoms with Gasteiger partial charge in [0, 0.05) is 12.8 Å². The van der Waals surface area contributed by atoms with Gasteiger partial charge in [-0.1, -0.05) is 6.92 Å². The highest BCUT2D eigenvalue weighted by Crippen LogP contribution is 2.33. The first-order valence-electron chi connectivity index (χ1n) is 6.28. The van der Waals surface area contributed by atoms with E-state index >= 15 is 0 Å². The Labute approximate surface area is 108 Å². The average molecular weight is 262 g/mol. The molecule has 5 heteroatoms. The van der Waals surface area contributed by atoms with Gasteiger partial charge in [-0.25, -0.2) is 4.98 Å². The number of thiophene rings is 1. The molecule has 18 heavy (non-hydrogen) atoms. The number of carbonyl (C=O) groups excluding carboxylic acids is 1. The minimum Gasteiger partial charge on any atom is -0.310 e. The molecule has 0 atom stereocenters. The Morgan fingerprint density at radius 3 is 2.94 bits per heavy atom. The topological polar surface area (TPSA) is 62.8 Å². The maximum absolute atomic E-state index is 12.1. The second-order valence-electron chi connectivity index (χ2n) is 4.63. The van der Waals surface area contributed by atoms with Crippen molar-refractivity contribution < 1.29 is 4.79 Å². The van der Waals surface area contributed by atoms with Crippen molar-refractivity contribution in [3.63, 3.8) is 0 Å². The number of nitrogens with one attached hydrogen (secondary N) is 1. The molecule has 94 valence electrons. The Morgan fingerprint density at radius 2 is 2.17 bits per heavy atom. The van der Waals surface area contributed by atoms with Gasteiger partial charge >= 0.3 is 0 Å². The van der Waals surface area contributed by atoms with Gasteiger partial charge in [0.2, 0.25) is 0 Å². The number of hydrogen-bond donors (Lipinski definition) is 1. The van der Waals surface area contributed by atoms with E-state index in [0.29, 0.717) is 11.8 Å². The van der Waals surface area contributed by atoms with Crippen LogP contribution in [-0.4, -0.2) is 15.8 Å². The molecule has 0 aliphatic heterocycles. The summed E-state index contributed by atoms with van der Waals surface area (Å²) in [6.07, 6.45) is 3.96. The van der Waals surface area contributed by atoms with Crippen LogP contribution in [0.25, 0.3) is 10.2 Å². The minimum atomic E-state index is -0.0874. The third-order valence-electron chi connectivity index (χ3n) is 3.28. The van der Waals surface area contributed by atoms with Gasteiger partial charge < -0.3 is 4.98 Å². The fraction of sp³-hybridized carbons (Fsp3) is 0.462. The van der Waals surface area contributed by atoms with Crippen LogP contribution in [0, 0.1) is 0 Å². The number of Topliss-reactive ketones (excluding diaryl/α,β-unsaturated/α-hetero) is 1. The predicted molar refractivity (Wildman–Crippen MR) is 71.5 cm³/mol. The number of nitrogens with zero attached hydrogens (tertiary/aromatic N) is 1. The monoisotopic (exact) mass is 262 g/mol. The van der Waals surface area contributed by atoms with Crippen molar-refractivity contribution in [1.82, 2.24) is 9.97 Å². The summed E-state index contributed by atoms with van der Waals surface area (Å²) in [5, 5.41) is 0.642. The Bertz CT molecular complexity index is 684. The summed E-state index contributed by atoms with van der Waals surface area (Å²) in [4.78, 5) is 32.7. The van der Waals surface area contributed by atoms with Crippen molar-refractivity contribution >= 4 is 27.3 Å². The number of rotatable bonds is 2. The molecular formula is C13H14N2O2S. The summed E-state index contributed by atoms with van der Waals surface area (Å²) >= 11 is 1.38. The smallest absolute Gasteiger partial charge is 0.259 e. The SMILES string of the molecule is CCCc1nc2sc3c(c2c(=O)[nH]1)CCCC3=O. The van der Waals surface area contributed by atoms with E-state index < -0.39 is 0 Å². The Hall–Kier alpha value is -1.49. The normalized spacial score (nSPS) is 15.1. The fourth-order valence-electron chi connectivity index (χ4n) is 2.47. The van der Waals surface area contributed by atoms with E-state index in [4.69, 9.17) is 0 Å². The number of fused-ring (bicyclic) bond motifs is 3. The molecule has 0 saturated heterocycles. The van der Waals surface area contributed by atoms with Crippen LogP contribution in [0.4, 0.5) is 0 Å². The Kier molecular flexibility index (Phi) is 2.78. The number of ketones is 1. The number of aromatic nitrogens is 2. The van der Waals surface area contributed by atoms with Crippen LogP contribution >= 0.6 is 11.3 Å². The number of aryl methyl sites for hydroxylation is 2. The van der Waals surface area contributed by atoms with E-state index in [0.717, 1.165) is 46.8 Å². The molecule has 0 bridgehead atoms. The molecule has 1 aliphatic rings. The van der Waals surface area contributed by atoms with Crippen molar-refractivity contribution in [2.24, 2.45) is 0 Å². The third kappa shape index (κ3) is 1.70. The summed E-state index contributed by atoms with van der Waals surface area (Å²) < 4.78 is 0. The van der Waals surface area contributed by atoms with Crippen LogP contribution in [0.2, 0.25) is 0 Å². The zero-order chi connectivity index (χ0) is 12.7. The van der Waals surface area contributed by atoms with E-state index in [-0.39, 0.29) is 11.3 Å². The molecule has 0 spiro atoms. The number of aromatic amines is 1. The van der Waals surface area contributed by atoms with Crippen molar-refractivity contribution in [3.8, 4) is 0 Å². The first-order valence-corrected chi connectivity index (χ1v) is 7.10. The van der Waals surface area contributed by atoms with Crippen LogP contribution in [0.15, 0.2) is 4.79 Å². The largest absolute Gasteiger partial charge is 0.310 e. The van der Waals surface area contributed by atoms with Crippen LogP contribution in [0.5, 0.6) is 0 Å². The van der Waals surface area contributed by atoms with Crippen molar-refractivity contribution in [3.05, 3.63) is 26.6 Å². The zero-order valence-corrected chi connectivity index (χ0v) is 11.0. The van der Waals surface area contributed by atoms with Gasteiger partial charge in [0.25, 0.3) is 5.56 Å². The van der Waals surface area contributed by atoms with Crippen molar-refractivity contribution in [2.75, 3.05) is 0 Å². The molecule has 1 N–H and O–H groups in total. The van der Waals surface area contributed by atoms with Gasteiger partial charge in [-0.05, 0) is 24.8 Å². The number of H-pyrrole nitrogens is 1. The Morgan fingerprint density at radius 1 is 1.33 bits per heavy atom. The lowest BCUT2D eigenvalue weighted by Crippen LogP contribution is -2.14. The summed E-state index contributed by atoms with van der Waals surface area (Å²) in [7, 11) is 0. The van der Waals surface area contributed by atoms with Crippen LogP contribution in [-0.2, 0) is 12.8 Å². The molecule has 0 amide bonds. The lowest BCUT2D eigenvalue weighted by atomic mass is 9.96. The molecule has 2 aromatic heterocycles. The van der Waals surface area contributed by atoms with Gasteiger partial charge in [0.05, 0.1) is 10.3 Å². The van der Waals surface area contributed by atoms with E-state index in [1.54, 1.807) is 0 Å². The fourth-order valence-corrected chi connectivity index (χ4v) is 3.68. The summed E-state index contributed by atoms with van der Waals surface area (Å²) in [6.45, 7) is 2.05. The highest BCUT2D eigenvalue weighted by Gasteiger charge is 2.24. The molecule has 0 radical (unpaired) electrons. The summed E-state index contributed by atoms with van der Waals surface area (Å²) in [6, 6.07) is 0. The number of hydrogen-bond acceptors (Lipinski definition) is 4. The molecule has 0 saturated carbocycles. The maximum atomic E-state index is 12.1. The summed E-state index contributed by atoms with van der Waals surface area (Å²) in [5.74, 6) is 0.886. The van der Waals surface area contributed by atoms with Crippen molar-refractivity contribution in [2.45, 2.75) is 39.0 Å². The number of carbonyl (C=O) groups is 1. The minimum absolute atomic E-state index is 0.0874. The second kappa shape index (κ2) is 4.31. The van der Waals surface area contributed by atoms with Gasteiger partial charge in [-0.3, -0.25) is 9.59 Å². The van der Waals surface area contributed by atoms with E-state index in [9.17, 15) is 9.59 Å². The first-order chi connectivity index (χ1) is 8.70. The highest BCUT2D eigenvalue weighted by molar-refractivity contribution is 7.20. The van der Waals surface area contributed by atoms with Crippen molar-refractivity contribution in [1.29, 1.82) is 0 Å². The van der Waals surface area contributed by atoms with Gasteiger partial charge in [-0.2, -0.15) is 0 Å². The molecule has 2 aromatic rings. The standard InChI is InChI=1S/C13H14N2O2S/c1-2-4-9-14-12(17)10-7-5-3-6-8(16)11(7)18-13(10)15-9/h2-6H2,1H3,(H,14,15,17). The zero-order valence-electron chi connectivity index (χ0n) is 10.2. The average Bonchev–Trinajstić information content (AvgIpc) is 2.70. The first kappa shape index (κ1) is 11.6. The third-order valence-corrected chi connectivity index (χ3v) is 4.45. The maximum Gasteiger partial charge on any atom is 0.259 e. The van der Waals surface area contributed by atoms with Gasteiger partial charge in [0.15, 0.2) is 5.78 Å². The molecular weight excluding hydrogens is 248 g/mol. The predicted octanol–water partition coefficient (Wildman–Crippen LogP) is 2.46. The molecule has 2 heterocycles. The summed E-state index contributed by atoms with van der Waals surface area (Å²) in [5.41, 5.74) is 0.832. The second-order valence-corrected chi connectivity index (χ2v) is 5.63. The molecule has 3 rings (SSSR count). The van der Waals surface area contributed by atoms with E-state index in [2.05, 4.69) is 9.97 Å². The molecule has 0 unspecified atom stereocenters. The molecule has 1 aliphatic carbocycles. The van der Waals surface area contributed by atoms with E-state index in [1.807, 2.05) is 6.92 Å². The van der Waals surface area contributed by atoms with Gasteiger partial charge in [0.1, 0.15) is 10.7 Å². The lowest BCUT2D eigenvalue weighted by molar-refractivity contribution is 0.0977. The van der Waals surface area contributed by atoms with Crippen LogP contribution in [0.3, 0.4) is 0 Å². The molecule has 0 fully saturated rings. The van der Waals surface area contributed by atoms with Crippen LogP contribution in [0.1, 0.15) is 47.2 Å². The van der Waals surface area contributed by atoms with E-state index in [1.165, 1.54) is 11.3 Å². The Balaban J connectivity index is 2.28.